The summed E-state index contributed by atoms with van der Waals surface area (Å²) in [6.07, 6.45) is 4.00. The molecule has 1 N–H and O–H groups in total. The normalized spacial score (nSPS) is 18.9. The molecule has 2 aromatic rings. The maximum absolute atomic E-state index is 13.4. The first kappa shape index (κ1) is 19.4. The van der Waals surface area contributed by atoms with Crippen LogP contribution in [-0.4, -0.2) is 42.5 Å². The zero-order valence-corrected chi connectivity index (χ0v) is 16.3. The fraction of sp³-hybridized carbons (Fsp3) is 0.391. The van der Waals surface area contributed by atoms with Gasteiger partial charge in [0.1, 0.15) is 11.6 Å². The molecule has 1 atom stereocenters. The molecule has 1 aliphatic heterocycles. The summed E-state index contributed by atoms with van der Waals surface area (Å²) in [5.41, 5.74) is 1.01. The Morgan fingerprint density at radius 1 is 1.07 bits per heavy atom. The van der Waals surface area contributed by atoms with E-state index in [1.807, 2.05) is 0 Å². The molecule has 1 aliphatic carbocycles. The quantitative estimate of drug-likeness (QED) is 0.811. The van der Waals surface area contributed by atoms with Crippen LogP contribution in [0.15, 0.2) is 48.5 Å². The molecule has 1 saturated heterocycles. The van der Waals surface area contributed by atoms with Crippen LogP contribution in [0.5, 0.6) is 5.75 Å². The molecule has 2 aromatic carbocycles. The topological polar surface area (TPSA) is 58.6 Å². The van der Waals surface area contributed by atoms with E-state index in [9.17, 15) is 14.0 Å². The van der Waals surface area contributed by atoms with Crippen LogP contribution in [0.25, 0.3) is 0 Å². The molecule has 5 nitrogen and oxygen atoms in total. The zero-order valence-electron chi connectivity index (χ0n) is 16.3. The first-order chi connectivity index (χ1) is 14.1. The molecule has 2 fully saturated rings. The van der Waals surface area contributed by atoms with Crippen molar-refractivity contribution in [1.82, 2.24) is 10.2 Å². The molecule has 2 amide bonds. The first-order valence-corrected chi connectivity index (χ1v) is 10.2. The second kappa shape index (κ2) is 8.64. The van der Waals surface area contributed by atoms with Crippen LogP contribution in [0, 0.1) is 11.7 Å². The van der Waals surface area contributed by atoms with Gasteiger partial charge in [-0.25, -0.2) is 4.39 Å². The highest BCUT2D eigenvalue weighted by Crippen LogP contribution is 2.22. The van der Waals surface area contributed by atoms with E-state index in [-0.39, 0.29) is 17.7 Å². The third-order valence-electron chi connectivity index (χ3n) is 5.39. The van der Waals surface area contributed by atoms with Crippen LogP contribution in [0.4, 0.5) is 4.39 Å². The number of carbonyl (C=O) groups excluding carboxylic acids is 2. The van der Waals surface area contributed by atoms with Gasteiger partial charge in [0, 0.05) is 36.2 Å². The van der Waals surface area contributed by atoms with Gasteiger partial charge in [-0.2, -0.15) is 0 Å². The van der Waals surface area contributed by atoms with Crippen LogP contribution < -0.4 is 10.1 Å². The van der Waals surface area contributed by atoms with Crippen molar-refractivity contribution in [3.05, 3.63) is 65.5 Å². The number of benzene rings is 2. The number of piperidine rings is 1. The van der Waals surface area contributed by atoms with Gasteiger partial charge in [-0.15, -0.1) is 0 Å². The highest BCUT2D eigenvalue weighted by molar-refractivity contribution is 5.95. The average Bonchev–Trinajstić information content (AvgIpc) is 3.56. The Labute approximate surface area is 169 Å². The maximum Gasteiger partial charge on any atom is 0.253 e. The van der Waals surface area contributed by atoms with Gasteiger partial charge in [0.2, 0.25) is 0 Å². The van der Waals surface area contributed by atoms with Gasteiger partial charge < -0.3 is 15.0 Å². The Balaban J connectivity index is 1.29. The smallest absolute Gasteiger partial charge is 0.253 e. The van der Waals surface area contributed by atoms with E-state index in [1.165, 1.54) is 12.1 Å². The Morgan fingerprint density at radius 2 is 1.86 bits per heavy atom. The lowest BCUT2D eigenvalue weighted by Gasteiger charge is -2.32. The molecule has 1 saturated carbocycles. The molecule has 0 aromatic heterocycles. The number of ether oxygens (including phenoxy) is 1. The van der Waals surface area contributed by atoms with Gasteiger partial charge in [0.25, 0.3) is 11.8 Å². The van der Waals surface area contributed by atoms with Crippen LogP contribution in [0.3, 0.4) is 0 Å². The number of amides is 2. The Bertz CT molecular complexity index is 880. The maximum atomic E-state index is 13.4. The molecule has 6 heteroatoms. The fourth-order valence-electron chi connectivity index (χ4n) is 3.60. The number of rotatable bonds is 6. The second-order valence-corrected chi connectivity index (χ2v) is 7.85. The Hall–Kier alpha value is -2.89. The number of nitrogens with one attached hydrogen (secondary N) is 1. The van der Waals surface area contributed by atoms with E-state index in [1.54, 1.807) is 41.3 Å². The molecule has 2 aliphatic rings. The summed E-state index contributed by atoms with van der Waals surface area (Å²) < 4.78 is 19.3. The minimum absolute atomic E-state index is 0.0437. The predicted molar refractivity (Wildman–Crippen MR) is 107 cm³/mol. The summed E-state index contributed by atoms with van der Waals surface area (Å²) in [6, 6.07) is 13.3. The molecule has 0 bridgehead atoms. The third kappa shape index (κ3) is 5.13. The number of hydrogen-bond acceptors (Lipinski definition) is 3. The van der Waals surface area contributed by atoms with Crippen molar-refractivity contribution in [2.75, 3.05) is 19.7 Å². The van der Waals surface area contributed by atoms with Crippen molar-refractivity contribution in [3.63, 3.8) is 0 Å². The van der Waals surface area contributed by atoms with E-state index >= 15 is 0 Å². The molecular formula is C23H25FN2O3. The van der Waals surface area contributed by atoms with Gasteiger partial charge in [-0.3, -0.25) is 9.59 Å². The van der Waals surface area contributed by atoms with Gasteiger partial charge >= 0.3 is 0 Å². The van der Waals surface area contributed by atoms with Crippen LogP contribution in [0.1, 0.15) is 46.4 Å². The van der Waals surface area contributed by atoms with Crippen molar-refractivity contribution >= 4 is 11.8 Å². The molecule has 1 heterocycles. The summed E-state index contributed by atoms with van der Waals surface area (Å²) in [6.45, 7) is 1.77. The van der Waals surface area contributed by atoms with Gasteiger partial charge in [0.05, 0.1) is 6.61 Å². The van der Waals surface area contributed by atoms with E-state index in [0.29, 0.717) is 42.6 Å². The number of halogens is 1. The van der Waals surface area contributed by atoms with Crippen LogP contribution in [0.2, 0.25) is 0 Å². The highest BCUT2D eigenvalue weighted by atomic mass is 19.1. The number of nitrogens with zero attached hydrogens (tertiary/aromatic N) is 1. The summed E-state index contributed by atoms with van der Waals surface area (Å²) in [5, 5.41) is 2.97. The van der Waals surface area contributed by atoms with Gasteiger partial charge in [0.15, 0.2) is 0 Å². The predicted octanol–water partition coefficient (Wildman–Crippen LogP) is 3.65. The molecular weight excluding hydrogens is 371 g/mol. The summed E-state index contributed by atoms with van der Waals surface area (Å²) in [4.78, 5) is 26.4. The molecule has 4 rings (SSSR count). The Morgan fingerprint density at radius 3 is 2.59 bits per heavy atom. The van der Waals surface area contributed by atoms with E-state index in [2.05, 4.69) is 5.32 Å². The summed E-state index contributed by atoms with van der Waals surface area (Å²) >= 11 is 0. The number of carbonyl (C=O) groups is 2. The largest absolute Gasteiger partial charge is 0.493 e. The highest BCUT2D eigenvalue weighted by Gasteiger charge is 2.26. The average molecular weight is 396 g/mol. The molecule has 1 unspecified atom stereocenters. The SMILES string of the molecule is O=C(NC1CC1)c1ccc(OCC2CCCN(C(=O)c3cccc(F)c3)C2)cc1. The van der Waals surface area contributed by atoms with E-state index < -0.39 is 5.82 Å². The minimum Gasteiger partial charge on any atom is -0.493 e. The molecule has 0 spiro atoms. The van der Waals surface area contributed by atoms with Crippen LogP contribution in [-0.2, 0) is 0 Å². The summed E-state index contributed by atoms with van der Waals surface area (Å²) in [5.74, 6) is 0.348. The van der Waals surface area contributed by atoms with Crippen molar-refractivity contribution in [3.8, 4) is 5.75 Å². The monoisotopic (exact) mass is 396 g/mol. The van der Waals surface area contributed by atoms with E-state index in [4.69, 9.17) is 4.74 Å². The van der Waals surface area contributed by atoms with Crippen LogP contribution >= 0.6 is 0 Å². The van der Waals surface area contributed by atoms with Crippen molar-refractivity contribution in [2.24, 2.45) is 5.92 Å². The lowest BCUT2D eigenvalue weighted by atomic mass is 9.98. The van der Waals surface area contributed by atoms with E-state index in [0.717, 1.165) is 25.7 Å². The summed E-state index contributed by atoms with van der Waals surface area (Å²) in [7, 11) is 0. The lowest BCUT2D eigenvalue weighted by molar-refractivity contribution is 0.0633. The molecule has 29 heavy (non-hydrogen) atoms. The lowest BCUT2D eigenvalue weighted by Crippen LogP contribution is -2.41. The molecule has 152 valence electrons. The minimum atomic E-state index is -0.401. The number of hydrogen-bond donors (Lipinski definition) is 1. The third-order valence-corrected chi connectivity index (χ3v) is 5.39. The zero-order chi connectivity index (χ0) is 20.2. The molecule has 0 radical (unpaired) electrons. The number of likely N-dealkylation sites (tertiary alicyclic amines) is 1. The standard InChI is InChI=1S/C23H25FN2O3/c24-19-5-1-4-18(13-19)23(28)26-12-2-3-16(14-26)15-29-21-10-6-17(7-11-21)22(27)25-20-8-9-20/h1,4-7,10-11,13,16,20H,2-3,8-9,12,14-15H2,(H,25,27). The Kier molecular flexibility index (Phi) is 5.79. The van der Waals surface area contributed by atoms with Crippen molar-refractivity contribution < 1.29 is 18.7 Å². The first-order valence-electron chi connectivity index (χ1n) is 10.2. The van der Waals surface area contributed by atoms with Gasteiger partial charge in [-0.05, 0) is 68.1 Å². The van der Waals surface area contributed by atoms with Gasteiger partial charge in [-0.1, -0.05) is 6.07 Å². The van der Waals surface area contributed by atoms with Crippen molar-refractivity contribution in [1.29, 1.82) is 0 Å². The second-order valence-electron chi connectivity index (χ2n) is 7.85. The fourth-order valence-corrected chi connectivity index (χ4v) is 3.60. The van der Waals surface area contributed by atoms with Crippen molar-refractivity contribution in [2.45, 2.75) is 31.7 Å².